The van der Waals surface area contributed by atoms with Crippen LogP contribution in [0.4, 0.5) is 17.6 Å². The Kier molecular flexibility index (Phi) is 6.85. The summed E-state index contributed by atoms with van der Waals surface area (Å²) in [5, 5.41) is 8.85. The second-order valence-electron chi connectivity index (χ2n) is 7.34. The molecule has 0 aliphatic carbocycles. The zero-order chi connectivity index (χ0) is 23.5. The van der Waals surface area contributed by atoms with Gasteiger partial charge in [0, 0.05) is 25.2 Å². The molecule has 1 aliphatic heterocycles. The summed E-state index contributed by atoms with van der Waals surface area (Å²) in [7, 11) is -4.22. The lowest BCUT2D eigenvalue weighted by atomic mass is 10.1. The molecule has 0 saturated carbocycles. The maximum atomic E-state index is 14.3. The quantitative estimate of drug-likeness (QED) is 0.605. The van der Waals surface area contributed by atoms with Gasteiger partial charge in [0.15, 0.2) is 0 Å². The van der Waals surface area contributed by atoms with Crippen LogP contribution >= 0.6 is 0 Å². The van der Waals surface area contributed by atoms with Gasteiger partial charge in [0.25, 0.3) is 5.91 Å². The molecule has 0 radical (unpaired) electrons. The Labute approximate surface area is 182 Å². The van der Waals surface area contributed by atoms with Crippen molar-refractivity contribution in [2.75, 3.05) is 19.6 Å². The van der Waals surface area contributed by atoms with Crippen LogP contribution in [0.15, 0.2) is 47.4 Å². The summed E-state index contributed by atoms with van der Waals surface area (Å²) < 4.78 is 80.3. The van der Waals surface area contributed by atoms with Crippen LogP contribution in [0, 0.1) is 17.1 Å². The molecule has 6 nitrogen and oxygen atoms in total. The number of nitrogens with zero attached hydrogens (tertiary/aromatic N) is 3. The van der Waals surface area contributed by atoms with Crippen molar-refractivity contribution in [2.45, 2.75) is 30.5 Å². The van der Waals surface area contributed by atoms with Gasteiger partial charge < -0.3 is 4.90 Å². The first kappa shape index (κ1) is 23.7. The fourth-order valence-corrected chi connectivity index (χ4v) is 5.01. The standard InChI is InChI=1S/C21H19F4N3O3S/c22-18-8-7-17(11-19(18)32(30,31)28-9-1-2-10-28)20(29)27(14-21(23,24)25)13-16-5-3-15(12-26)4-6-16/h3-8,11H,1-2,9-10,13-14H2. The first-order valence-corrected chi connectivity index (χ1v) is 11.1. The minimum atomic E-state index is -4.72. The molecule has 170 valence electrons. The number of halogens is 4. The molecule has 1 amide bonds. The van der Waals surface area contributed by atoms with Gasteiger partial charge in [-0.05, 0) is 48.7 Å². The van der Waals surface area contributed by atoms with Gasteiger partial charge in [0.05, 0.1) is 11.6 Å². The van der Waals surface area contributed by atoms with E-state index < -0.39 is 45.9 Å². The van der Waals surface area contributed by atoms with Gasteiger partial charge >= 0.3 is 6.18 Å². The monoisotopic (exact) mass is 469 g/mol. The summed E-state index contributed by atoms with van der Waals surface area (Å²) in [6, 6.07) is 10.1. The zero-order valence-corrected chi connectivity index (χ0v) is 17.6. The van der Waals surface area contributed by atoms with Crippen molar-refractivity contribution >= 4 is 15.9 Å². The molecule has 0 aromatic heterocycles. The van der Waals surface area contributed by atoms with E-state index >= 15 is 0 Å². The molecule has 3 rings (SSSR count). The van der Waals surface area contributed by atoms with E-state index in [4.69, 9.17) is 5.26 Å². The number of sulfonamides is 1. The lowest BCUT2D eigenvalue weighted by Crippen LogP contribution is -2.38. The third-order valence-corrected chi connectivity index (χ3v) is 6.89. The highest BCUT2D eigenvalue weighted by molar-refractivity contribution is 7.89. The van der Waals surface area contributed by atoms with Crippen molar-refractivity contribution in [3.8, 4) is 6.07 Å². The van der Waals surface area contributed by atoms with Crippen molar-refractivity contribution in [1.82, 2.24) is 9.21 Å². The summed E-state index contributed by atoms with van der Waals surface area (Å²) in [4.78, 5) is 12.7. The third kappa shape index (κ3) is 5.44. The van der Waals surface area contributed by atoms with Crippen LogP contribution in [-0.2, 0) is 16.6 Å². The fraction of sp³-hybridized carbons (Fsp3) is 0.333. The molecule has 11 heteroatoms. The smallest absolute Gasteiger partial charge is 0.325 e. The Hall–Kier alpha value is -2.97. The van der Waals surface area contributed by atoms with Gasteiger partial charge in [-0.1, -0.05) is 12.1 Å². The van der Waals surface area contributed by atoms with Crippen molar-refractivity contribution < 1.29 is 30.8 Å². The molecular formula is C21H19F4N3O3S. The number of rotatable bonds is 6. The lowest BCUT2D eigenvalue weighted by molar-refractivity contribution is -0.141. The Bertz CT molecular complexity index is 1140. The molecular weight excluding hydrogens is 450 g/mol. The van der Waals surface area contributed by atoms with Gasteiger partial charge in [-0.2, -0.15) is 22.7 Å². The average molecular weight is 469 g/mol. The maximum Gasteiger partial charge on any atom is 0.406 e. The van der Waals surface area contributed by atoms with Gasteiger partial charge in [-0.15, -0.1) is 0 Å². The molecule has 1 saturated heterocycles. The molecule has 1 heterocycles. The Balaban J connectivity index is 1.94. The number of alkyl halides is 3. The van der Waals surface area contributed by atoms with Gasteiger partial charge in [-0.3, -0.25) is 4.79 Å². The van der Waals surface area contributed by atoms with E-state index in [1.165, 1.54) is 24.3 Å². The summed E-state index contributed by atoms with van der Waals surface area (Å²) in [5.74, 6) is -2.17. The molecule has 32 heavy (non-hydrogen) atoms. The number of hydrogen-bond acceptors (Lipinski definition) is 4. The SMILES string of the molecule is N#Cc1ccc(CN(CC(F)(F)F)C(=O)c2ccc(F)c(S(=O)(=O)N3CCCC3)c2)cc1. The minimum absolute atomic E-state index is 0.207. The fourth-order valence-electron chi connectivity index (χ4n) is 3.41. The molecule has 0 spiro atoms. The second-order valence-corrected chi connectivity index (χ2v) is 9.25. The molecule has 0 atom stereocenters. The van der Waals surface area contributed by atoms with Crippen LogP contribution in [0.2, 0.25) is 0 Å². The highest BCUT2D eigenvalue weighted by Gasteiger charge is 2.35. The number of carbonyl (C=O) groups is 1. The molecule has 1 aliphatic rings. The highest BCUT2D eigenvalue weighted by Crippen LogP contribution is 2.26. The van der Waals surface area contributed by atoms with Crippen molar-refractivity contribution in [3.05, 3.63) is 65.0 Å². The topological polar surface area (TPSA) is 81.5 Å². The largest absolute Gasteiger partial charge is 0.406 e. The summed E-state index contributed by atoms with van der Waals surface area (Å²) in [5.41, 5.74) is 0.272. The minimum Gasteiger partial charge on any atom is -0.325 e. The first-order chi connectivity index (χ1) is 15.0. The highest BCUT2D eigenvalue weighted by atomic mass is 32.2. The molecule has 0 unspecified atom stereocenters. The van der Waals surface area contributed by atoms with Crippen molar-refractivity contribution in [1.29, 1.82) is 5.26 Å². The summed E-state index contributed by atoms with van der Waals surface area (Å²) in [6.07, 6.45) is -3.49. The first-order valence-electron chi connectivity index (χ1n) is 9.66. The Morgan fingerprint density at radius 3 is 2.28 bits per heavy atom. The maximum absolute atomic E-state index is 14.3. The predicted molar refractivity (Wildman–Crippen MR) is 106 cm³/mol. The van der Waals surface area contributed by atoms with E-state index in [2.05, 4.69) is 0 Å². The van der Waals surface area contributed by atoms with E-state index in [-0.39, 0.29) is 18.7 Å². The van der Waals surface area contributed by atoms with Gasteiger partial charge in [0.1, 0.15) is 17.3 Å². The molecule has 2 aromatic rings. The molecule has 0 N–H and O–H groups in total. The van der Waals surface area contributed by atoms with Crippen LogP contribution < -0.4 is 0 Å². The van der Waals surface area contributed by atoms with E-state index in [0.717, 1.165) is 22.5 Å². The number of hydrogen-bond donors (Lipinski definition) is 0. The lowest BCUT2D eigenvalue weighted by Gasteiger charge is -2.25. The zero-order valence-electron chi connectivity index (χ0n) is 16.8. The van der Waals surface area contributed by atoms with Crippen molar-refractivity contribution in [2.24, 2.45) is 0 Å². The Morgan fingerprint density at radius 2 is 1.72 bits per heavy atom. The number of carbonyl (C=O) groups excluding carboxylic acids is 1. The average Bonchev–Trinajstić information content (AvgIpc) is 3.28. The van der Waals surface area contributed by atoms with Gasteiger partial charge in [-0.25, -0.2) is 12.8 Å². The van der Waals surface area contributed by atoms with Gasteiger partial charge in [0.2, 0.25) is 10.0 Å². The van der Waals surface area contributed by atoms with Crippen molar-refractivity contribution in [3.63, 3.8) is 0 Å². The molecule has 1 fully saturated rings. The van der Waals surface area contributed by atoms with Crippen LogP contribution in [-0.4, -0.2) is 49.3 Å². The third-order valence-electron chi connectivity index (χ3n) is 4.97. The van der Waals surface area contributed by atoms with E-state index in [1.54, 1.807) is 0 Å². The van der Waals surface area contributed by atoms with E-state index in [1.807, 2.05) is 6.07 Å². The summed E-state index contributed by atoms with van der Waals surface area (Å²) >= 11 is 0. The van der Waals surface area contributed by atoms with E-state index in [0.29, 0.717) is 28.9 Å². The Morgan fingerprint density at radius 1 is 1.09 bits per heavy atom. The number of benzene rings is 2. The van der Waals surface area contributed by atoms with E-state index in [9.17, 15) is 30.8 Å². The van der Waals surface area contributed by atoms with Crippen LogP contribution in [0.5, 0.6) is 0 Å². The predicted octanol–water partition coefficient (Wildman–Crippen LogP) is 3.69. The summed E-state index contributed by atoms with van der Waals surface area (Å²) in [6.45, 7) is -1.61. The van der Waals surface area contributed by atoms with Crippen LogP contribution in [0.3, 0.4) is 0 Å². The normalized spacial score (nSPS) is 14.8. The second kappa shape index (κ2) is 9.26. The molecule has 0 bridgehead atoms. The van der Waals surface area contributed by atoms with Crippen LogP contribution in [0.1, 0.15) is 34.3 Å². The number of nitriles is 1. The number of amides is 1. The van der Waals surface area contributed by atoms with Crippen LogP contribution in [0.25, 0.3) is 0 Å². The molecule has 2 aromatic carbocycles.